The number of thiophene rings is 1. The normalized spacial score (nSPS) is 10.4. The van der Waals surface area contributed by atoms with Gasteiger partial charge >= 0.3 is 0 Å². The highest BCUT2D eigenvalue weighted by atomic mass is 35.5. The molecule has 0 aliphatic heterocycles. The average Bonchev–Trinajstić information content (AvgIpc) is 2.84. The van der Waals surface area contributed by atoms with Crippen molar-refractivity contribution in [1.29, 1.82) is 0 Å². The standard InChI is InChI=1S/C14H13Cl2NOS/c15-9-10-1-3-11(4-2-10)14(18)17-8-7-12-5-6-13(16)19-12/h1-6H,7-9H2,(H,17,18). The van der Waals surface area contributed by atoms with Crippen molar-refractivity contribution in [2.75, 3.05) is 6.54 Å². The van der Waals surface area contributed by atoms with Crippen molar-refractivity contribution in [3.05, 3.63) is 56.7 Å². The predicted molar refractivity (Wildman–Crippen MR) is 81.4 cm³/mol. The molecule has 0 aliphatic carbocycles. The summed E-state index contributed by atoms with van der Waals surface area (Å²) in [6.07, 6.45) is 0.795. The molecule has 0 fully saturated rings. The Morgan fingerprint density at radius 1 is 1.16 bits per heavy atom. The van der Waals surface area contributed by atoms with Crippen LogP contribution in [-0.2, 0) is 12.3 Å². The van der Waals surface area contributed by atoms with Crippen LogP contribution in [0.15, 0.2) is 36.4 Å². The van der Waals surface area contributed by atoms with Gasteiger partial charge in [0.15, 0.2) is 0 Å². The van der Waals surface area contributed by atoms with Crippen LogP contribution in [0.25, 0.3) is 0 Å². The Morgan fingerprint density at radius 3 is 2.47 bits per heavy atom. The zero-order valence-corrected chi connectivity index (χ0v) is 12.5. The molecule has 1 heterocycles. The van der Waals surface area contributed by atoms with E-state index in [1.807, 2.05) is 24.3 Å². The Labute approximate surface area is 126 Å². The minimum absolute atomic E-state index is 0.0659. The van der Waals surface area contributed by atoms with Crippen LogP contribution < -0.4 is 5.32 Å². The molecule has 0 spiro atoms. The van der Waals surface area contributed by atoms with E-state index in [0.29, 0.717) is 18.0 Å². The molecule has 0 radical (unpaired) electrons. The highest BCUT2D eigenvalue weighted by Gasteiger charge is 2.05. The van der Waals surface area contributed by atoms with Gasteiger partial charge in [-0.1, -0.05) is 23.7 Å². The molecule has 2 rings (SSSR count). The molecular formula is C14H13Cl2NOS. The number of amides is 1. The third kappa shape index (κ3) is 4.23. The molecule has 19 heavy (non-hydrogen) atoms. The van der Waals surface area contributed by atoms with E-state index in [4.69, 9.17) is 23.2 Å². The molecule has 0 unspecified atom stereocenters. The van der Waals surface area contributed by atoms with Crippen LogP contribution >= 0.6 is 34.5 Å². The monoisotopic (exact) mass is 313 g/mol. The Kier molecular flexibility index (Phi) is 5.25. The molecule has 1 N–H and O–H groups in total. The molecule has 2 aromatic rings. The Morgan fingerprint density at radius 2 is 1.89 bits per heavy atom. The summed E-state index contributed by atoms with van der Waals surface area (Å²) in [5, 5.41) is 2.89. The van der Waals surface area contributed by atoms with Crippen molar-refractivity contribution in [2.45, 2.75) is 12.3 Å². The number of hydrogen-bond donors (Lipinski definition) is 1. The Bertz CT molecular complexity index is 551. The Balaban J connectivity index is 1.83. The lowest BCUT2D eigenvalue weighted by molar-refractivity contribution is 0.0954. The van der Waals surface area contributed by atoms with Crippen LogP contribution in [0.5, 0.6) is 0 Å². The van der Waals surface area contributed by atoms with Crippen LogP contribution in [0.4, 0.5) is 0 Å². The van der Waals surface area contributed by atoms with Gasteiger partial charge in [-0.05, 0) is 36.2 Å². The largest absolute Gasteiger partial charge is 0.352 e. The summed E-state index contributed by atoms with van der Waals surface area (Å²) in [5.41, 5.74) is 1.66. The van der Waals surface area contributed by atoms with E-state index in [1.54, 1.807) is 12.1 Å². The van der Waals surface area contributed by atoms with Crippen LogP contribution in [0.3, 0.4) is 0 Å². The van der Waals surface area contributed by atoms with E-state index in [9.17, 15) is 4.79 Å². The fourth-order valence-corrected chi connectivity index (χ4v) is 2.90. The molecule has 0 saturated carbocycles. The SMILES string of the molecule is O=C(NCCc1ccc(Cl)s1)c1ccc(CCl)cc1. The fraction of sp³-hybridized carbons (Fsp3) is 0.214. The van der Waals surface area contributed by atoms with Crippen molar-refractivity contribution in [2.24, 2.45) is 0 Å². The molecule has 100 valence electrons. The summed E-state index contributed by atoms with van der Waals surface area (Å²) in [7, 11) is 0. The van der Waals surface area contributed by atoms with Gasteiger partial charge in [0.1, 0.15) is 0 Å². The van der Waals surface area contributed by atoms with Crippen LogP contribution in [-0.4, -0.2) is 12.5 Å². The van der Waals surface area contributed by atoms with Gasteiger partial charge in [-0.15, -0.1) is 22.9 Å². The van der Waals surface area contributed by atoms with Gasteiger partial charge in [-0.2, -0.15) is 0 Å². The first-order valence-electron chi connectivity index (χ1n) is 5.86. The zero-order valence-electron chi connectivity index (χ0n) is 10.2. The van der Waals surface area contributed by atoms with E-state index in [2.05, 4.69) is 5.32 Å². The van der Waals surface area contributed by atoms with E-state index in [1.165, 1.54) is 16.2 Å². The van der Waals surface area contributed by atoms with Crippen molar-refractivity contribution in [3.8, 4) is 0 Å². The molecule has 1 amide bonds. The van der Waals surface area contributed by atoms with Crippen molar-refractivity contribution < 1.29 is 4.79 Å². The number of rotatable bonds is 5. The van der Waals surface area contributed by atoms with Crippen molar-refractivity contribution in [3.63, 3.8) is 0 Å². The smallest absolute Gasteiger partial charge is 0.251 e. The van der Waals surface area contributed by atoms with Crippen molar-refractivity contribution >= 4 is 40.4 Å². The third-order valence-corrected chi connectivity index (χ3v) is 4.26. The number of benzene rings is 1. The maximum Gasteiger partial charge on any atom is 0.251 e. The first-order valence-corrected chi connectivity index (χ1v) is 7.59. The summed E-state index contributed by atoms with van der Waals surface area (Å²) >= 11 is 13.1. The molecule has 1 aromatic carbocycles. The second-order valence-electron chi connectivity index (χ2n) is 4.04. The lowest BCUT2D eigenvalue weighted by Gasteiger charge is -2.04. The van der Waals surface area contributed by atoms with Gasteiger partial charge in [-0.3, -0.25) is 4.79 Å². The van der Waals surface area contributed by atoms with Crippen LogP contribution in [0, 0.1) is 0 Å². The highest BCUT2D eigenvalue weighted by molar-refractivity contribution is 7.16. The maximum absolute atomic E-state index is 11.9. The van der Waals surface area contributed by atoms with Gasteiger partial charge < -0.3 is 5.32 Å². The van der Waals surface area contributed by atoms with E-state index >= 15 is 0 Å². The van der Waals surface area contributed by atoms with Crippen LogP contribution in [0.1, 0.15) is 20.8 Å². The second kappa shape index (κ2) is 6.94. The number of alkyl halides is 1. The number of carbonyl (C=O) groups excluding carboxylic acids is 1. The van der Waals surface area contributed by atoms with Gasteiger partial charge in [0.05, 0.1) is 4.34 Å². The topological polar surface area (TPSA) is 29.1 Å². The first kappa shape index (κ1) is 14.4. The third-order valence-electron chi connectivity index (χ3n) is 2.66. The fourth-order valence-electron chi connectivity index (χ4n) is 1.63. The molecule has 5 heteroatoms. The van der Waals surface area contributed by atoms with Gasteiger partial charge in [0.2, 0.25) is 0 Å². The summed E-state index contributed by atoms with van der Waals surface area (Å²) in [4.78, 5) is 13.0. The number of carbonyl (C=O) groups is 1. The van der Waals surface area contributed by atoms with Gasteiger partial charge in [0, 0.05) is 22.9 Å². The second-order valence-corrected chi connectivity index (χ2v) is 6.11. The molecule has 0 aliphatic rings. The van der Waals surface area contributed by atoms with E-state index in [0.717, 1.165) is 16.3 Å². The number of hydrogen-bond acceptors (Lipinski definition) is 2. The summed E-state index contributed by atoms with van der Waals surface area (Å²) in [6, 6.07) is 11.1. The first-order chi connectivity index (χ1) is 9.19. The molecule has 0 saturated heterocycles. The molecular weight excluding hydrogens is 301 g/mol. The van der Waals surface area contributed by atoms with Crippen LogP contribution in [0.2, 0.25) is 4.34 Å². The summed E-state index contributed by atoms with van der Waals surface area (Å²) < 4.78 is 0.776. The lowest BCUT2D eigenvalue weighted by atomic mass is 10.1. The molecule has 2 nitrogen and oxygen atoms in total. The quantitative estimate of drug-likeness (QED) is 0.827. The van der Waals surface area contributed by atoms with E-state index in [-0.39, 0.29) is 5.91 Å². The predicted octanol–water partition coefficient (Wildman–Crippen LogP) is 4.11. The number of halogens is 2. The maximum atomic E-state index is 11.9. The summed E-state index contributed by atoms with van der Waals surface area (Å²) in [6.45, 7) is 0.604. The lowest BCUT2D eigenvalue weighted by Crippen LogP contribution is -2.25. The zero-order chi connectivity index (χ0) is 13.7. The molecule has 0 bridgehead atoms. The van der Waals surface area contributed by atoms with Gasteiger partial charge in [-0.25, -0.2) is 0 Å². The molecule has 0 atom stereocenters. The van der Waals surface area contributed by atoms with E-state index < -0.39 is 0 Å². The number of nitrogens with one attached hydrogen (secondary N) is 1. The Hall–Kier alpha value is -1.03. The minimum Gasteiger partial charge on any atom is -0.352 e. The average molecular weight is 314 g/mol. The minimum atomic E-state index is -0.0659. The van der Waals surface area contributed by atoms with Gasteiger partial charge in [0.25, 0.3) is 5.91 Å². The molecule has 1 aromatic heterocycles. The highest BCUT2D eigenvalue weighted by Crippen LogP contribution is 2.21. The van der Waals surface area contributed by atoms with Crippen molar-refractivity contribution in [1.82, 2.24) is 5.32 Å². The summed E-state index contributed by atoms with van der Waals surface area (Å²) in [5.74, 6) is 0.393.